The summed E-state index contributed by atoms with van der Waals surface area (Å²) in [7, 11) is 0. The van der Waals surface area contributed by atoms with Gasteiger partial charge in [0, 0.05) is 6.54 Å². The second-order valence-corrected chi connectivity index (χ2v) is 5.24. The van der Waals surface area contributed by atoms with Gasteiger partial charge in [-0.25, -0.2) is 0 Å². The van der Waals surface area contributed by atoms with Crippen LogP contribution < -0.4 is 5.32 Å². The van der Waals surface area contributed by atoms with E-state index in [1.165, 1.54) is 0 Å². The molecular formula is C13H24ClN3. The topological polar surface area (TPSA) is 29.9 Å². The van der Waals surface area contributed by atoms with Crippen molar-refractivity contribution in [1.82, 2.24) is 15.1 Å². The van der Waals surface area contributed by atoms with Gasteiger partial charge in [-0.3, -0.25) is 4.68 Å². The molecule has 17 heavy (non-hydrogen) atoms. The molecule has 98 valence electrons. The minimum absolute atomic E-state index is 0.310. The van der Waals surface area contributed by atoms with Gasteiger partial charge in [-0.15, -0.1) is 0 Å². The lowest BCUT2D eigenvalue weighted by atomic mass is 10.0. The smallest absolute Gasteiger partial charge is 0.0834 e. The summed E-state index contributed by atoms with van der Waals surface area (Å²) in [6, 6.07) is 0.310. The maximum Gasteiger partial charge on any atom is 0.0834 e. The zero-order chi connectivity index (χ0) is 12.8. The van der Waals surface area contributed by atoms with Gasteiger partial charge in [0.05, 0.1) is 23.0 Å². The van der Waals surface area contributed by atoms with Gasteiger partial charge in [0.2, 0.25) is 0 Å². The van der Waals surface area contributed by atoms with Gasteiger partial charge in [-0.2, -0.15) is 5.10 Å². The Labute approximate surface area is 110 Å². The van der Waals surface area contributed by atoms with Crippen molar-refractivity contribution in [3.05, 3.63) is 16.9 Å². The summed E-state index contributed by atoms with van der Waals surface area (Å²) in [5.74, 6) is 0.639. The molecule has 0 aromatic carbocycles. The largest absolute Gasteiger partial charge is 0.309 e. The van der Waals surface area contributed by atoms with Crippen LogP contribution in [-0.4, -0.2) is 16.3 Å². The van der Waals surface area contributed by atoms with E-state index >= 15 is 0 Å². The van der Waals surface area contributed by atoms with Crippen LogP contribution in [0.4, 0.5) is 0 Å². The van der Waals surface area contributed by atoms with Crippen LogP contribution >= 0.6 is 11.6 Å². The van der Waals surface area contributed by atoms with E-state index in [1.807, 2.05) is 4.68 Å². The van der Waals surface area contributed by atoms with Crippen LogP contribution in [0, 0.1) is 5.92 Å². The fourth-order valence-corrected chi connectivity index (χ4v) is 2.32. The third-order valence-corrected chi connectivity index (χ3v) is 3.10. The summed E-state index contributed by atoms with van der Waals surface area (Å²) in [5.41, 5.74) is 1.14. The van der Waals surface area contributed by atoms with Crippen molar-refractivity contribution < 1.29 is 0 Å². The molecule has 0 radical (unpaired) electrons. The Hall–Kier alpha value is -0.540. The number of hydrogen-bond acceptors (Lipinski definition) is 2. The first-order chi connectivity index (χ1) is 8.10. The molecule has 0 spiro atoms. The van der Waals surface area contributed by atoms with Crippen LogP contribution in [0.15, 0.2) is 6.20 Å². The van der Waals surface area contributed by atoms with E-state index in [-0.39, 0.29) is 0 Å². The van der Waals surface area contributed by atoms with Gasteiger partial charge >= 0.3 is 0 Å². The van der Waals surface area contributed by atoms with Gasteiger partial charge < -0.3 is 5.32 Å². The summed E-state index contributed by atoms with van der Waals surface area (Å²) in [6.45, 7) is 10.6. The number of nitrogens with one attached hydrogen (secondary N) is 1. The van der Waals surface area contributed by atoms with Crippen LogP contribution in [0.3, 0.4) is 0 Å². The van der Waals surface area contributed by atoms with Gasteiger partial charge in [-0.05, 0) is 32.2 Å². The highest BCUT2D eigenvalue weighted by molar-refractivity contribution is 6.31. The van der Waals surface area contributed by atoms with Crippen molar-refractivity contribution >= 4 is 11.6 Å². The molecule has 1 rings (SSSR count). The van der Waals surface area contributed by atoms with Crippen LogP contribution in [0.5, 0.6) is 0 Å². The molecule has 1 heterocycles. The third kappa shape index (κ3) is 4.00. The minimum atomic E-state index is 0.310. The molecule has 0 bridgehead atoms. The highest BCUT2D eigenvalue weighted by Gasteiger charge is 2.20. The Kier molecular flexibility index (Phi) is 6.00. The van der Waals surface area contributed by atoms with E-state index in [0.29, 0.717) is 12.0 Å². The summed E-state index contributed by atoms with van der Waals surface area (Å²) in [5, 5.41) is 8.67. The maximum absolute atomic E-state index is 6.26. The predicted molar refractivity (Wildman–Crippen MR) is 73.4 cm³/mol. The number of halogens is 1. The second kappa shape index (κ2) is 7.02. The zero-order valence-electron chi connectivity index (χ0n) is 11.3. The third-order valence-electron chi connectivity index (χ3n) is 2.81. The van der Waals surface area contributed by atoms with Gasteiger partial charge in [0.25, 0.3) is 0 Å². The zero-order valence-corrected chi connectivity index (χ0v) is 12.1. The maximum atomic E-state index is 6.26. The highest BCUT2D eigenvalue weighted by atomic mass is 35.5. The lowest BCUT2D eigenvalue weighted by molar-refractivity contribution is 0.404. The second-order valence-electron chi connectivity index (χ2n) is 4.83. The molecule has 1 N–H and O–H groups in total. The first-order valence-corrected chi connectivity index (χ1v) is 6.92. The minimum Gasteiger partial charge on any atom is -0.309 e. The average molecular weight is 258 g/mol. The lowest BCUT2D eigenvalue weighted by Crippen LogP contribution is -2.26. The van der Waals surface area contributed by atoms with Gasteiger partial charge in [0.1, 0.15) is 0 Å². The Morgan fingerprint density at radius 3 is 2.65 bits per heavy atom. The standard InChI is InChI=1S/C13H24ClN3/c1-5-7-15-12(8-10(3)4)13-11(14)9-16-17(13)6-2/h9-10,12,15H,5-8H2,1-4H3. The van der Waals surface area contributed by atoms with E-state index in [4.69, 9.17) is 11.6 Å². The molecule has 0 aliphatic carbocycles. The Morgan fingerprint density at radius 2 is 2.12 bits per heavy atom. The van der Waals surface area contributed by atoms with Gasteiger partial charge in [-0.1, -0.05) is 32.4 Å². The molecule has 0 saturated heterocycles. The monoisotopic (exact) mass is 257 g/mol. The van der Waals surface area contributed by atoms with Crippen LogP contribution in [0.2, 0.25) is 5.02 Å². The van der Waals surface area contributed by atoms with Crippen molar-refractivity contribution in [2.24, 2.45) is 5.92 Å². The molecule has 0 amide bonds. The predicted octanol–water partition coefficient (Wildman–Crippen LogP) is 3.64. The lowest BCUT2D eigenvalue weighted by Gasteiger charge is -2.22. The van der Waals surface area contributed by atoms with Crippen molar-refractivity contribution in [2.45, 2.75) is 53.1 Å². The van der Waals surface area contributed by atoms with Crippen molar-refractivity contribution in [1.29, 1.82) is 0 Å². The molecule has 0 aliphatic heterocycles. The van der Waals surface area contributed by atoms with E-state index < -0.39 is 0 Å². The average Bonchev–Trinajstić information content (AvgIpc) is 2.65. The number of aromatic nitrogens is 2. The number of hydrogen-bond donors (Lipinski definition) is 1. The summed E-state index contributed by atoms with van der Waals surface area (Å²) < 4.78 is 2.00. The van der Waals surface area contributed by atoms with Crippen LogP contribution in [0.25, 0.3) is 0 Å². The van der Waals surface area contributed by atoms with Crippen molar-refractivity contribution in [2.75, 3.05) is 6.54 Å². The normalized spacial score (nSPS) is 13.3. The molecule has 1 aromatic heterocycles. The summed E-state index contributed by atoms with van der Waals surface area (Å²) >= 11 is 6.26. The molecular weight excluding hydrogens is 234 g/mol. The number of rotatable bonds is 7. The molecule has 0 aliphatic rings. The Balaban J connectivity index is 2.89. The van der Waals surface area contributed by atoms with E-state index in [9.17, 15) is 0 Å². The fraction of sp³-hybridized carbons (Fsp3) is 0.769. The van der Waals surface area contributed by atoms with Crippen molar-refractivity contribution in [3.8, 4) is 0 Å². The number of aryl methyl sites for hydroxylation is 1. The quantitative estimate of drug-likeness (QED) is 0.808. The van der Waals surface area contributed by atoms with E-state index in [1.54, 1.807) is 6.20 Å². The first kappa shape index (κ1) is 14.5. The SMILES string of the molecule is CCCNC(CC(C)C)c1c(Cl)cnn1CC. The highest BCUT2D eigenvalue weighted by Crippen LogP contribution is 2.27. The fourth-order valence-electron chi connectivity index (χ4n) is 2.05. The van der Waals surface area contributed by atoms with Crippen molar-refractivity contribution in [3.63, 3.8) is 0 Å². The van der Waals surface area contributed by atoms with E-state index in [0.717, 1.165) is 36.6 Å². The molecule has 1 unspecified atom stereocenters. The first-order valence-electron chi connectivity index (χ1n) is 6.54. The Morgan fingerprint density at radius 1 is 1.41 bits per heavy atom. The summed E-state index contributed by atoms with van der Waals surface area (Å²) in [4.78, 5) is 0. The molecule has 3 nitrogen and oxygen atoms in total. The molecule has 0 fully saturated rings. The Bertz CT molecular complexity index is 333. The summed E-state index contributed by atoms with van der Waals surface area (Å²) in [6.07, 6.45) is 3.97. The van der Waals surface area contributed by atoms with Gasteiger partial charge in [0.15, 0.2) is 0 Å². The molecule has 1 atom stereocenters. The van der Waals surface area contributed by atoms with E-state index in [2.05, 4.69) is 38.1 Å². The van der Waals surface area contributed by atoms with Crippen LogP contribution in [-0.2, 0) is 6.54 Å². The molecule has 0 saturated carbocycles. The number of nitrogens with zero attached hydrogens (tertiary/aromatic N) is 2. The molecule has 1 aromatic rings. The molecule has 4 heteroatoms. The van der Waals surface area contributed by atoms with Crippen LogP contribution in [0.1, 0.15) is 52.3 Å².